The number of rotatable bonds is 5. The summed E-state index contributed by atoms with van der Waals surface area (Å²) in [5, 5.41) is 10.5. The molecule has 0 saturated carbocycles. The van der Waals surface area contributed by atoms with Crippen LogP contribution in [0.3, 0.4) is 0 Å². The van der Waals surface area contributed by atoms with Crippen LogP contribution in [0.25, 0.3) is 0 Å². The molecule has 0 radical (unpaired) electrons. The van der Waals surface area contributed by atoms with E-state index in [-0.39, 0.29) is 30.2 Å². The van der Waals surface area contributed by atoms with Crippen molar-refractivity contribution in [2.75, 3.05) is 32.8 Å². The molecule has 1 aromatic rings. The number of ether oxygens (including phenoxy) is 1. The molecule has 1 aromatic carbocycles. The van der Waals surface area contributed by atoms with Gasteiger partial charge >= 0.3 is 5.97 Å². The summed E-state index contributed by atoms with van der Waals surface area (Å²) >= 11 is 5.93. The number of fused-ring (bicyclic) bond motifs is 1. The van der Waals surface area contributed by atoms with Crippen molar-refractivity contribution in [2.24, 2.45) is 11.8 Å². The van der Waals surface area contributed by atoms with Gasteiger partial charge < -0.3 is 15.2 Å². The van der Waals surface area contributed by atoms with Gasteiger partial charge in [0.05, 0.1) is 19.1 Å². The fourth-order valence-electron chi connectivity index (χ4n) is 3.12. The van der Waals surface area contributed by atoms with Crippen molar-refractivity contribution in [3.05, 3.63) is 34.9 Å². The van der Waals surface area contributed by atoms with Crippen LogP contribution in [0.2, 0.25) is 5.02 Å². The molecule has 0 spiro atoms. The first-order valence-electron chi connectivity index (χ1n) is 8.01. The van der Waals surface area contributed by atoms with Crippen LogP contribution >= 0.6 is 11.6 Å². The van der Waals surface area contributed by atoms with Crippen molar-refractivity contribution in [1.82, 2.24) is 10.2 Å². The van der Waals surface area contributed by atoms with E-state index in [0.29, 0.717) is 31.3 Å². The molecular weight excluding hydrogens is 348 g/mol. The summed E-state index contributed by atoms with van der Waals surface area (Å²) in [5.74, 6) is 0.0928. The average molecular weight is 369 g/mol. The topological polar surface area (TPSA) is 95.9 Å². The number of likely N-dealkylation sites (tertiary alicyclic amines) is 1. The lowest BCUT2D eigenvalue weighted by atomic mass is 10.0. The number of nitrogens with zero attached hydrogens (tertiary/aromatic N) is 1. The van der Waals surface area contributed by atoms with Crippen LogP contribution in [0.5, 0.6) is 0 Å². The molecule has 3 rings (SSSR count). The van der Waals surface area contributed by atoms with Crippen molar-refractivity contribution in [2.45, 2.75) is 6.42 Å². The lowest BCUT2D eigenvalue weighted by molar-refractivity contribution is -0.141. The van der Waals surface area contributed by atoms with Crippen LogP contribution in [0.15, 0.2) is 24.3 Å². The second kappa shape index (κ2) is 9.39. The van der Waals surface area contributed by atoms with Gasteiger partial charge in [-0.05, 0) is 24.1 Å². The number of carbonyl (C=O) groups is 3. The highest BCUT2D eigenvalue weighted by molar-refractivity contribution is 6.30. The fourth-order valence-corrected chi connectivity index (χ4v) is 3.33. The molecule has 7 nitrogen and oxygen atoms in total. The van der Waals surface area contributed by atoms with Gasteiger partial charge in [0, 0.05) is 30.6 Å². The summed E-state index contributed by atoms with van der Waals surface area (Å²) in [5.41, 5.74) is 1.10. The number of halogens is 1. The predicted octanol–water partition coefficient (Wildman–Crippen LogP) is 0.804. The smallest absolute Gasteiger partial charge is 0.310 e. The molecule has 2 atom stereocenters. The van der Waals surface area contributed by atoms with E-state index in [2.05, 4.69) is 5.32 Å². The van der Waals surface area contributed by atoms with Crippen molar-refractivity contribution in [1.29, 1.82) is 0 Å². The third-order valence-electron chi connectivity index (χ3n) is 4.25. The Hall–Kier alpha value is -2.12. The van der Waals surface area contributed by atoms with Crippen molar-refractivity contribution in [3.63, 3.8) is 0 Å². The monoisotopic (exact) mass is 368 g/mol. The number of carboxylic acid groups (broad SMARTS) is 1. The molecular formula is C17H21ClN2O5. The first-order valence-corrected chi connectivity index (χ1v) is 8.39. The maximum Gasteiger partial charge on any atom is 0.310 e. The molecule has 2 N–H and O–H groups in total. The van der Waals surface area contributed by atoms with Crippen molar-refractivity contribution >= 4 is 29.9 Å². The number of nitrogens with one attached hydrogen (secondary N) is 1. The van der Waals surface area contributed by atoms with E-state index >= 15 is 0 Å². The minimum absolute atomic E-state index is 0.00429. The second-order valence-corrected chi connectivity index (χ2v) is 6.46. The molecule has 2 aliphatic rings. The minimum atomic E-state index is -0.250. The molecule has 136 valence electrons. The summed E-state index contributed by atoms with van der Waals surface area (Å²) in [6, 6.07) is 7.63. The van der Waals surface area contributed by atoms with Crippen LogP contribution in [0, 0.1) is 11.8 Å². The maximum absolute atomic E-state index is 12.0. The van der Waals surface area contributed by atoms with Gasteiger partial charge in [-0.1, -0.05) is 23.7 Å². The van der Waals surface area contributed by atoms with Gasteiger partial charge in [-0.15, -0.1) is 0 Å². The summed E-state index contributed by atoms with van der Waals surface area (Å²) in [6.07, 6.45) is 0.754. The number of hydrogen-bond donors (Lipinski definition) is 2. The lowest BCUT2D eigenvalue weighted by Gasteiger charge is -2.16. The van der Waals surface area contributed by atoms with E-state index in [1.807, 2.05) is 29.2 Å². The Morgan fingerprint density at radius 2 is 2.20 bits per heavy atom. The molecule has 0 unspecified atom stereocenters. The average Bonchev–Trinajstić information content (AvgIpc) is 3.10. The minimum Gasteiger partial charge on any atom is -0.483 e. The van der Waals surface area contributed by atoms with Gasteiger partial charge in [0.1, 0.15) is 0 Å². The number of cyclic esters (lactones) is 1. The fraction of sp³-hybridized carbons (Fsp3) is 0.471. The van der Waals surface area contributed by atoms with Gasteiger partial charge in [0.2, 0.25) is 5.91 Å². The SMILES string of the molecule is O=C(CN1C[C@@H]2COC(=O)[C@@H]2C1)NCCc1cccc(Cl)c1.O=CO. The first-order chi connectivity index (χ1) is 12.0. The Labute approximate surface area is 150 Å². The van der Waals surface area contributed by atoms with Crippen LogP contribution in [-0.2, 0) is 25.5 Å². The van der Waals surface area contributed by atoms with Crippen molar-refractivity contribution < 1.29 is 24.2 Å². The Balaban J connectivity index is 0.000000701. The lowest BCUT2D eigenvalue weighted by Crippen LogP contribution is -2.37. The van der Waals surface area contributed by atoms with Gasteiger partial charge in [0.25, 0.3) is 6.47 Å². The van der Waals surface area contributed by atoms with Gasteiger partial charge in [-0.2, -0.15) is 0 Å². The maximum atomic E-state index is 12.0. The zero-order chi connectivity index (χ0) is 18.2. The normalized spacial score (nSPS) is 21.7. The Kier molecular flexibility index (Phi) is 7.21. The standard InChI is InChI=1S/C16H19ClN2O3.CH2O2/c17-13-3-1-2-11(6-13)4-5-18-15(20)9-19-7-12-10-22-16(21)14(12)8-19;2-1-3/h1-3,6,12,14H,4-5,7-10H2,(H,18,20);1H,(H,2,3)/t12-,14-;/m1./s1. The molecule has 2 aliphatic heterocycles. The molecule has 8 heteroatoms. The van der Waals surface area contributed by atoms with E-state index in [9.17, 15) is 9.59 Å². The Morgan fingerprint density at radius 3 is 2.88 bits per heavy atom. The molecule has 2 fully saturated rings. The highest BCUT2D eigenvalue weighted by Crippen LogP contribution is 2.29. The molecule has 0 bridgehead atoms. The van der Waals surface area contributed by atoms with Crippen LogP contribution < -0.4 is 5.32 Å². The summed E-state index contributed by atoms with van der Waals surface area (Å²) in [7, 11) is 0. The van der Waals surface area contributed by atoms with E-state index in [1.54, 1.807) is 0 Å². The van der Waals surface area contributed by atoms with Gasteiger partial charge in [-0.3, -0.25) is 19.3 Å². The third-order valence-corrected chi connectivity index (χ3v) is 4.49. The number of hydrogen-bond acceptors (Lipinski definition) is 5. The first kappa shape index (κ1) is 19.2. The third kappa shape index (κ3) is 5.72. The molecule has 1 amide bonds. The number of amides is 1. The van der Waals surface area contributed by atoms with Gasteiger partial charge in [-0.25, -0.2) is 0 Å². The van der Waals surface area contributed by atoms with Crippen molar-refractivity contribution in [3.8, 4) is 0 Å². The number of esters is 1. The van der Waals surface area contributed by atoms with Crippen LogP contribution in [-0.4, -0.2) is 61.1 Å². The van der Waals surface area contributed by atoms with E-state index < -0.39 is 0 Å². The molecule has 2 saturated heterocycles. The summed E-state index contributed by atoms with van der Waals surface area (Å²) in [4.78, 5) is 33.8. The van der Waals surface area contributed by atoms with Gasteiger partial charge in [0.15, 0.2) is 0 Å². The molecule has 0 aromatic heterocycles. The van der Waals surface area contributed by atoms with E-state index in [0.717, 1.165) is 18.5 Å². The van der Waals surface area contributed by atoms with Crippen LogP contribution in [0.4, 0.5) is 0 Å². The summed E-state index contributed by atoms with van der Waals surface area (Å²) < 4.78 is 5.02. The highest BCUT2D eigenvalue weighted by atomic mass is 35.5. The quantitative estimate of drug-likeness (QED) is 0.589. The number of carbonyl (C=O) groups excluding carboxylic acids is 2. The molecule has 0 aliphatic carbocycles. The van der Waals surface area contributed by atoms with E-state index in [1.165, 1.54) is 0 Å². The second-order valence-electron chi connectivity index (χ2n) is 6.03. The highest BCUT2D eigenvalue weighted by Gasteiger charge is 2.44. The largest absolute Gasteiger partial charge is 0.483 e. The Morgan fingerprint density at radius 1 is 1.44 bits per heavy atom. The molecule has 25 heavy (non-hydrogen) atoms. The summed E-state index contributed by atoms with van der Waals surface area (Å²) in [6.45, 7) is 2.57. The van der Waals surface area contributed by atoms with Crippen LogP contribution in [0.1, 0.15) is 5.56 Å². The predicted molar refractivity (Wildman–Crippen MR) is 91.2 cm³/mol. The Bertz CT molecular complexity index is 625. The molecule has 2 heterocycles. The zero-order valence-corrected chi connectivity index (χ0v) is 14.4. The van der Waals surface area contributed by atoms with E-state index in [4.69, 9.17) is 26.2 Å². The number of benzene rings is 1. The zero-order valence-electron chi connectivity index (χ0n) is 13.7.